The topological polar surface area (TPSA) is 91.8 Å². The summed E-state index contributed by atoms with van der Waals surface area (Å²) in [7, 11) is 0. The fourth-order valence-corrected chi connectivity index (χ4v) is 1.20. The lowest BCUT2D eigenvalue weighted by atomic mass is 10.5. The van der Waals surface area contributed by atoms with Crippen LogP contribution in [0.2, 0.25) is 5.28 Å². The third-order valence-corrected chi connectivity index (χ3v) is 1.91. The van der Waals surface area contributed by atoms with E-state index in [0.717, 1.165) is 0 Å². The molecule has 0 spiro atoms. The minimum Gasteiger partial charge on any atom is -0.354 e. The maximum Gasteiger partial charge on any atom is 0.240 e. The van der Waals surface area contributed by atoms with Crippen LogP contribution >= 0.6 is 11.6 Å². The maximum absolute atomic E-state index is 11.3. The van der Waals surface area contributed by atoms with Crippen LogP contribution in [0.3, 0.4) is 0 Å². The van der Waals surface area contributed by atoms with Gasteiger partial charge >= 0.3 is 0 Å². The fraction of sp³-hybridized carbons (Fsp3) is 0.400. The van der Waals surface area contributed by atoms with Crippen molar-refractivity contribution in [3.8, 4) is 12.3 Å². The van der Waals surface area contributed by atoms with E-state index >= 15 is 0 Å². The highest BCUT2D eigenvalue weighted by Crippen LogP contribution is 2.08. The molecule has 0 aliphatic carbocycles. The zero-order valence-corrected chi connectivity index (χ0v) is 10.6. The molecule has 1 heterocycles. The lowest BCUT2D eigenvalue weighted by Gasteiger charge is -2.06. The van der Waals surface area contributed by atoms with E-state index in [4.69, 9.17) is 18.0 Å². The van der Waals surface area contributed by atoms with Gasteiger partial charge in [0.15, 0.2) is 0 Å². The van der Waals surface area contributed by atoms with Crippen LogP contribution in [0.4, 0.5) is 11.9 Å². The van der Waals surface area contributed by atoms with Crippen molar-refractivity contribution in [3.63, 3.8) is 0 Å². The first-order chi connectivity index (χ1) is 8.65. The van der Waals surface area contributed by atoms with E-state index in [2.05, 4.69) is 36.8 Å². The van der Waals surface area contributed by atoms with Crippen LogP contribution in [0.15, 0.2) is 0 Å². The van der Waals surface area contributed by atoms with E-state index < -0.39 is 0 Å². The first-order valence-corrected chi connectivity index (χ1v) is 5.63. The summed E-state index contributed by atoms with van der Waals surface area (Å²) in [6.07, 6.45) is 5.01. The molecule has 1 amide bonds. The van der Waals surface area contributed by atoms with E-state index in [1.54, 1.807) is 0 Å². The van der Waals surface area contributed by atoms with E-state index in [1.807, 2.05) is 6.92 Å². The number of terminal acetylenes is 1. The number of rotatable bonds is 6. The van der Waals surface area contributed by atoms with Gasteiger partial charge in [0.25, 0.3) is 0 Å². The second kappa shape index (κ2) is 7.29. The molecule has 1 rings (SSSR count). The van der Waals surface area contributed by atoms with Crippen molar-refractivity contribution in [1.82, 2.24) is 20.3 Å². The number of carbonyl (C=O) groups is 1. The van der Waals surface area contributed by atoms with Gasteiger partial charge in [0.05, 0.1) is 13.1 Å². The van der Waals surface area contributed by atoms with Crippen molar-refractivity contribution in [2.24, 2.45) is 0 Å². The summed E-state index contributed by atoms with van der Waals surface area (Å²) in [6.45, 7) is 2.75. The molecule has 0 saturated heterocycles. The molecule has 1 aromatic rings. The Morgan fingerprint density at radius 3 is 2.61 bits per heavy atom. The van der Waals surface area contributed by atoms with Gasteiger partial charge in [-0.15, -0.1) is 6.42 Å². The van der Waals surface area contributed by atoms with Crippen LogP contribution in [0.25, 0.3) is 0 Å². The Morgan fingerprint density at radius 1 is 1.33 bits per heavy atom. The van der Waals surface area contributed by atoms with Gasteiger partial charge in [-0.1, -0.05) is 5.92 Å². The lowest BCUT2D eigenvalue weighted by Crippen LogP contribution is -2.30. The number of amides is 1. The van der Waals surface area contributed by atoms with Crippen molar-refractivity contribution >= 4 is 29.4 Å². The maximum atomic E-state index is 11.3. The molecule has 0 unspecified atom stereocenters. The normalized spacial score (nSPS) is 9.39. The molecule has 0 fully saturated rings. The van der Waals surface area contributed by atoms with Crippen LogP contribution in [0.1, 0.15) is 6.92 Å². The molecule has 1 aromatic heterocycles. The molecule has 0 aliphatic rings. The van der Waals surface area contributed by atoms with Crippen LogP contribution < -0.4 is 16.0 Å². The monoisotopic (exact) mass is 268 g/mol. The second-order valence-corrected chi connectivity index (χ2v) is 3.45. The van der Waals surface area contributed by atoms with Gasteiger partial charge in [-0.2, -0.15) is 15.0 Å². The standard InChI is InChI=1S/C10H13ClN6O/c1-3-5-13-7(18)6-14-10-16-8(11)15-9(17-10)12-4-2/h1H,4-6H2,2H3,(H,13,18)(H2,12,14,15,16,17). The summed E-state index contributed by atoms with van der Waals surface area (Å²) in [5.41, 5.74) is 0. The molecule has 0 saturated carbocycles. The van der Waals surface area contributed by atoms with Crippen LogP contribution in [-0.4, -0.2) is 40.5 Å². The Balaban J connectivity index is 2.56. The molecule has 3 N–H and O–H groups in total. The average molecular weight is 269 g/mol. The largest absolute Gasteiger partial charge is 0.354 e. The number of halogens is 1. The van der Waals surface area contributed by atoms with Crippen LogP contribution in [0.5, 0.6) is 0 Å². The van der Waals surface area contributed by atoms with Gasteiger partial charge in [-0.3, -0.25) is 4.79 Å². The molecule has 96 valence electrons. The first kappa shape index (κ1) is 14.0. The Labute approximate surface area is 110 Å². The molecular formula is C10H13ClN6O. The predicted molar refractivity (Wildman–Crippen MR) is 69.3 cm³/mol. The number of nitrogens with one attached hydrogen (secondary N) is 3. The fourth-order valence-electron chi connectivity index (χ4n) is 1.04. The summed E-state index contributed by atoms with van der Waals surface area (Å²) in [6, 6.07) is 0. The smallest absolute Gasteiger partial charge is 0.240 e. The SMILES string of the molecule is C#CCNC(=O)CNc1nc(Cl)nc(NCC)n1. The van der Waals surface area contributed by atoms with Gasteiger partial charge < -0.3 is 16.0 Å². The molecule has 18 heavy (non-hydrogen) atoms. The molecule has 0 atom stereocenters. The second-order valence-electron chi connectivity index (χ2n) is 3.12. The summed E-state index contributed by atoms with van der Waals surface area (Å²) in [5.74, 6) is 2.62. The summed E-state index contributed by atoms with van der Waals surface area (Å²) >= 11 is 5.72. The highest BCUT2D eigenvalue weighted by molar-refractivity contribution is 6.28. The molecule has 0 aromatic carbocycles. The van der Waals surface area contributed by atoms with E-state index in [-0.39, 0.29) is 30.2 Å². The Bertz CT molecular complexity index is 458. The highest BCUT2D eigenvalue weighted by atomic mass is 35.5. The van der Waals surface area contributed by atoms with Crippen molar-refractivity contribution < 1.29 is 4.79 Å². The molecule has 7 nitrogen and oxygen atoms in total. The van der Waals surface area contributed by atoms with Crippen molar-refractivity contribution in [1.29, 1.82) is 0 Å². The minimum atomic E-state index is -0.255. The van der Waals surface area contributed by atoms with Crippen LogP contribution in [0, 0.1) is 12.3 Å². The Kier molecular flexibility index (Phi) is 5.67. The Morgan fingerprint density at radius 2 is 2.00 bits per heavy atom. The summed E-state index contributed by atoms with van der Waals surface area (Å²) in [4.78, 5) is 23.0. The molecular weight excluding hydrogens is 256 g/mol. The number of hydrogen-bond donors (Lipinski definition) is 3. The number of nitrogens with zero attached hydrogens (tertiary/aromatic N) is 3. The van der Waals surface area contributed by atoms with Crippen LogP contribution in [-0.2, 0) is 4.79 Å². The number of aromatic nitrogens is 3. The number of carbonyl (C=O) groups excluding carboxylic acids is 1. The predicted octanol–water partition coefficient (Wildman–Crippen LogP) is 0.118. The quantitative estimate of drug-likeness (QED) is 0.635. The van der Waals surface area contributed by atoms with Gasteiger partial charge in [-0.25, -0.2) is 0 Å². The molecule has 0 radical (unpaired) electrons. The number of hydrogen-bond acceptors (Lipinski definition) is 6. The minimum absolute atomic E-state index is 0.00753. The first-order valence-electron chi connectivity index (χ1n) is 5.25. The van der Waals surface area contributed by atoms with Crippen molar-refractivity contribution in [2.75, 3.05) is 30.3 Å². The third-order valence-electron chi connectivity index (χ3n) is 1.74. The Hall–Kier alpha value is -2.07. The van der Waals surface area contributed by atoms with E-state index in [9.17, 15) is 4.79 Å². The zero-order chi connectivity index (χ0) is 13.4. The van der Waals surface area contributed by atoms with E-state index in [0.29, 0.717) is 12.5 Å². The molecule has 0 bridgehead atoms. The third kappa shape index (κ3) is 4.84. The van der Waals surface area contributed by atoms with Gasteiger partial charge in [0.1, 0.15) is 0 Å². The highest BCUT2D eigenvalue weighted by Gasteiger charge is 2.05. The zero-order valence-electron chi connectivity index (χ0n) is 9.83. The van der Waals surface area contributed by atoms with Gasteiger partial charge in [0.2, 0.25) is 23.1 Å². The van der Waals surface area contributed by atoms with Crippen molar-refractivity contribution in [3.05, 3.63) is 5.28 Å². The molecule has 8 heteroatoms. The van der Waals surface area contributed by atoms with Crippen molar-refractivity contribution in [2.45, 2.75) is 6.92 Å². The van der Waals surface area contributed by atoms with Gasteiger partial charge in [-0.05, 0) is 18.5 Å². The van der Waals surface area contributed by atoms with Gasteiger partial charge in [0, 0.05) is 6.54 Å². The summed E-state index contributed by atoms with van der Waals surface area (Å²) in [5, 5.41) is 8.17. The lowest BCUT2D eigenvalue weighted by molar-refractivity contribution is -0.119. The molecule has 0 aliphatic heterocycles. The van der Waals surface area contributed by atoms with E-state index in [1.165, 1.54) is 0 Å². The number of anilines is 2. The average Bonchev–Trinajstić information content (AvgIpc) is 2.33. The summed E-state index contributed by atoms with van der Waals surface area (Å²) < 4.78 is 0.